The second-order valence-corrected chi connectivity index (χ2v) is 9.18. The summed E-state index contributed by atoms with van der Waals surface area (Å²) < 4.78 is 5.73. The zero-order valence-electron chi connectivity index (χ0n) is 20.0. The van der Waals surface area contributed by atoms with Gasteiger partial charge in [-0.05, 0) is 88.2 Å². The fourth-order valence-electron chi connectivity index (χ4n) is 4.43. The van der Waals surface area contributed by atoms with Crippen LogP contribution < -0.4 is 10.9 Å². The molecule has 1 aliphatic rings. The van der Waals surface area contributed by atoms with E-state index in [1.54, 1.807) is 0 Å². The summed E-state index contributed by atoms with van der Waals surface area (Å²) in [6.45, 7) is 14.5. The molecule has 1 unspecified atom stereocenters. The maximum Gasteiger partial charge on any atom is 0.253 e. The maximum absolute atomic E-state index is 12.9. The van der Waals surface area contributed by atoms with E-state index in [2.05, 4.69) is 53.9 Å². The SMILES string of the molecule is CCN(CC)CCCN(Cc1cc2c(C)cc(C)cc2[nH]c1=O)C(=S)NCC1CCCO1. The second-order valence-electron chi connectivity index (χ2n) is 8.79. The summed E-state index contributed by atoms with van der Waals surface area (Å²) in [6.07, 6.45) is 3.39. The molecule has 1 aromatic heterocycles. The van der Waals surface area contributed by atoms with E-state index in [1.165, 1.54) is 5.56 Å². The lowest BCUT2D eigenvalue weighted by molar-refractivity contribution is 0.113. The van der Waals surface area contributed by atoms with E-state index in [0.717, 1.165) is 80.6 Å². The Labute approximate surface area is 197 Å². The molecular weight excluding hydrogens is 420 g/mol. The third kappa shape index (κ3) is 6.53. The van der Waals surface area contributed by atoms with Crippen LogP contribution in [0.1, 0.15) is 49.8 Å². The number of rotatable bonds is 10. The van der Waals surface area contributed by atoms with Crippen LogP contribution >= 0.6 is 12.2 Å². The van der Waals surface area contributed by atoms with Crippen LogP contribution in [-0.4, -0.2) is 65.3 Å². The molecule has 1 saturated heterocycles. The van der Waals surface area contributed by atoms with Gasteiger partial charge in [0.2, 0.25) is 0 Å². The van der Waals surface area contributed by atoms with E-state index in [0.29, 0.717) is 11.7 Å². The molecule has 1 atom stereocenters. The molecule has 0 bridgehead atoms. The Morgan fingerprint density at radius 1 is 1.22 bits per heavy atom. The predicted octanol–water partition coefficient (Wildman–Crippen LogP) is 3.73. The summed E-state index contributed by atoms with van der Waals surface area (Å²) in [4.78, 5) is 20.5. The van der Waals surface area contributed by atoms with Crippen molar-refractivity contribution in [3.63, 3.8) is 0 Å². The van der Waals surface area contributed by atoms with Crippen molar-refractivity contribution in [2.75, 3.05) is 39.3 Å². The van der Waals surface area contributed by atoms with Crippen molar-refractivity contribution in [3.8, 4) is 0 Å². The molecule has 1 fully saturated rings. The molecule has 1 aromatic carbocycles. The average molecular weight is 459 g/mol. The van der Waals surface area contributed by atoms with E-state index >= 15 is 0 Å². The Bertz CT molecular complexity index is 964. The first kappa shape index (κ1) is 24.7. The van der Waals surface area contributed by atoms with Crippen LogP contribution in [-0.2, 0) is 11.3 Å². The summed E-state index contributed by atoms with van der Waals surface area (Å²) in [5.74, 6) is 0. The minimum absolute atomic E-state index is 0.0434. The van der Waals surface area contributed by atoms with E-state index in [4.69, 9.17) is 17.0 Å². The molecule has 2 N–H and O–H groups in total. The van der Waals surface area contributed by atoms with Gasteiger partial charge in [-0.2, -0.15) is 0 Å². The Balaban J connectivity index is 1.76. The molecular formula is C25H38N4O2S. The van der Waals surface area contributed by atoms with E-state index in [1.807, 2.05) is 12.1 Å². The lowest BCUT2D eigenvalue weighted by Gasteiger charge is -2.28. The third-order valence-corrected chi connectivity index (χ3v) is 6.74. The summed E-state index contributed by atoms with van der Waals surface area (Å²) in [7, 11) is 0. The second kappa shape index (κ2) is 11.8. The van der Waals surface area contributed by atoms with Gasteiger partial charge in [-0.25, -0.2) is 0 Å². The van der Waals surface area contributed by atoms with Crippen molar-refractivity contribution in [3.05, 3.63) is 45.2 Å². The van der Waals surface area contributed by atoms with Crippen LogP contribution in [0, 0.1) is 13.8 Å². The number of aromatic nitrogens is 1. The first-order valence-electron chi connectivity index (χ1n) is 11.9. The van der Waals surface area contributed by atoms with Crippen molar-refractivity contribution in [2.24, 2.45) is 0 Å². The minimum atomic E-state index is -0.0434. The molecule has 2 aromatic rings. The lowest BCUT2D eigenvalue weighted by Crippen LogP contribution is -2.44. The number of aromatic amines is 1. The standard InChI is InChI=1S/C25H38N4O2S/c1-5-28(6-2)10-8-11-29(25(32)26-16-21-9-7-12-31-21)17-20-15-22-19(4)13-18(3)14-23(22)27-24(20)30/h13-15,21H,5-12,16-17H2,1-4H3,(H,26,32)(H,27,30). The van der Waals surface area contributed by atoms with Gasteiger partial charge in [0.1, 0.15) is 0 Å². The Hall–Kier alpha value is -1.96. The average Bonchev–Trinajstić information content (AvgIpc) is 3.28. The summed E-state index contributed by atoms with van der Waals surface area (Å²) >= 11 is 5.76. The number of hydrogen-bond acceptors (Lipinski definition) is 4. The van der Waals surface area contributed by atoms with Crippen molar-refractivity contribution < 1.29 is 4.74 Å². The number of ether oxygens (including phenoxy) is 1. The van der Waals surface area contributed by atoms with Gasteiger partial charge in [0, 0.05) is 36.2 Å². The van der Waals surface area contributed by atoms with Crippen LogP contribution in [0.4, 0.5) is 0 Å². The molecule has 0 saturated carbocycles. The van der Waals surface area contributed by atoms with Crippen molar-refractivity contribution in [1.29, 1.82) is 0 Å². The number of thiocarbonyl (C=S) groups is 1. The van der Waals surface area contributed by atoms with Crippen LogP contribution in [0.3, 0.4) is 0 Å². The van der Waals surface area contributed by atoms with Gasteiger partial charge in [0.05, 0.1) is 12.6 Å². The number of benzene rings is 1. The van der Waals surface area contributed by atoms with Crippen molar-refractivity contribution in [2.45, 2.75) is 59.6 Å². The minimum Gasteiger partial charge on any atom is -0.376 e. The van der Waals surface area contributed by atoms with Crippen LogP contribution in [0.25, 0.3) is 10.9 Å². The zero-order chi connectivity index (χ0) is 23.1. The molecule has 0 radical (unpaired) electrons. The number of hydrogen-bond donors (Lipinski definition) is 2. The molecule has 7 heteroatoms. The van der Waals surface area contributed by atoms with Gasteiger partial charge >= 0.3 is 0 Å². The largest absolute Gasteiger partial charge is 0.376 e. The summed E-state index contributed by atoms with van der Waals surface area (Å²) in [5.41, 5.74) is 3.91. The number of nitrogens with one attached hydrogen (secondary N) is 2. The zero-order valence-corrected chi connectivity index (χ0v) is 20.8. The smallest absolute Gasteiger partial charge is 0.253 e. The van der Waals surface area contributed by atoms with E-state index in [9.17, 15) is 4.79 Å². The molecule has 0 aliphatic carbocycles. The van der Waals surface area contributed by atoms with Crippen molar-refractivity contribution in [1.82, 2.24) is 20.1 Å². The number of H-pyrrole nitrogens is 1. The molecule has 176 valence electrons. The Morgan fingerprint density at radius 2 is 2.00 bits per heavy atom. The number of fused-ring (bicyclic) bond motifs is 1. The van der Waals surface area contributed by atoms with Crippen LogP contribution in [0.5, 0.6) is 0 Å². The van der Waals surface area contributed by atoms with Crippen LogP contribution in [0.2, 0.25) is 0 Å². The third-order valence-electron chi connectivity index (χ3n) is 6.34. The van der Waals surface area contributed by atoms with Crippen molar-refractivity contribution >= 4 is 28.2 Å². The lowest BCUT2D eigenvalue weighted by atomic mass is 10.0. The highest BCUT2D eigenvalue weighted by atomic mass is 32.1. The first-order chi connectivity index (χ1) is 15.4. The molecule has 6 nitrogen and oxygen atoms in total. The fourth-order valence-corrected chi connectivity index (χ4v) is 4.67. The molecule has 0 spiro atoms. The maximum atomic E-state index is 12.9. The fraction of sp³-hybridized carbons (Fsp3) is 0.600. The van der Waals surface area contributed by atoms with Gasteiger partial charge in [-0.3, -0.25) is 4.79 Å². The Morgan fingerprint density at radius 3 is 2.69 bits per heavy atom. The van der Waals surface area contributed by atoms with E-state index < -0.39 is 0 Å². The molecule has 2 heterocycles. The molecule has 1 aliphatic heterocycles. The number of aryl methyl sites for hydroxylation is 2. The molecule has 0 amide bonds. The van der Waals surface area contributed by atoms with Crippen LogP contribution in [0.15, 0.2) is 23.0 Å². The van der Waals surface area contributed by atoms with E-state index in [-0.39, 0.29) is 11.7 Å². The van der Waals surface area contributed by atoms with Gasteiger partial charge in [-0.15, -0.1) is 0 Å². The van der Waals surface area contributed by atoms with Gasteiger partial charge in [0.25, 0.3) is 5.56 Å². The summed E-state index contributed by atoms with van der Waals surface area (Å²) in [5, 5.41) is 5.18. The van der Waals surface area contributed by atoms with Gasteiger partial charge < -0.3 is 24.8 Å². The quantitative estimate of drug-likeness (QED) is 0.529. The first-order valence-corrected chi connectivity index (χ1v) is 12.3. The monoisotopic (exact) mass is 458 g/mol. The highest BCUT2D eigenvalue weighted by Crippen LogP contribution is 2.19. The topological polar surface area (TPSA) is 60.6 Å². The molecule has 32 heavy (non-hydrogen) atoms. The summed E-state index contributed by atoms with van der Waals surface area (Å²) in [6, 6.07) is 6.21. The normalized spacial score (nSPS) is 16.1. The highest BCUT2D eigenvalue weighted by Gasteiger charge is 2.18. The number of pyridine rings is 1. The van der Waals surface area contributed by atoms with Gasteiger partial charge in [-0.1, -0.05) is 19.9 Å². The highest BCUT2D eigenvalue weighted by molar-refractivity contribution is 7.80. The van der Waals surface area contributed by atoms with Gasteiger partial charge in [0.15, 0.2) is 5.11 Å². The molecule has 3 rings (SSSR count). The Kier molecular flexibility index (Phi) is 9.08. The predicted molar refractivity (Wildman–Crippen MR) is 136 cm³/mol. The number of nitrogens with zero attached hydrogens (tertiary/aromatic N) is 2.